The molecule has 0 saturated carbocycles. The van der Waals surface area contributed by atoms with Crippen LogP contribution in [0.3, 0.4) is 0 Å². The molecule has 0 amide bonds. The van der Waals surface area contributed by atoms with Crippen LogP contribution >= 0.6 is 11.3 Å². The Kier molecular flexibility index (Phi) is 2.90. The van der Waals surface area contributed by atoms with E-state index in [0.29, 0.717) is 21.6 Å². The summed E-state index contributed by atoms with van der Waals surface area (Å²) in [6, 6.07) is 9.16. The Morgan fingerprint density at radius 3 is 2.60 bits per heavy atom. The third-order valence-corrected chi connectivity index (χ3v) is 4.09. The topological polar surface area (TPSA) is 38.9 Å². The highest BCUT2D eigenvalue weighted by atomic mass is 32.1. The molecule has 0 spiro atoms. The molecule has 2 nitrogen and oxygen atoms in total. The number of pyridine rings is 1. The molecule has 1 aromatic carbocycles. The van der Waals surface area contributed by atoms with Gasteiger partial charge >= 0.3 is 6.18 Å². The summed E-state index contributed by atoms with van der Waals surface area (Å²) in [6.07, 6.45) is -2.81. The van der Waals surface area contributed by atoms with Crippen molar-refractivity contribution in [3.63, 3.8) is 0 Å². The van der Waals surface area contributed by atoms with E-state index in [1.165, 1.54) is 6.07 Å². The maximum Gasteiger partial charge on any atom is 0.417 e. The molecule has 0 aliphatic heterocycles. The van der Waals surface area contributed by atoms with Crippen LogP contribution in [-0.2, 0) is 6.18 Å². The number of alkyl halides is 3. The summed E-state index contributed by atoms with van der Waals surface area (Å²) in [5.74, 6) is 0. The van der Waals surface area contributed by atoms with Crippen molar-refractivity contribution >= 4 is 27.1 Å². The molecule has 0 fully saturated rings. The summed E-state index contributed by atoms with van der Waals surface area (Å²) in [7, 11) is 0. The molecule has 2 heterocycles. The van der Waals surface area contributed by atoms with Gasteiger partial charge in [0.25, 0.3) is 0 Å². The first-order chi connectivity index (χ1) is 9.45. The van der Waals surface area contributed by atoms with Crippen LogP contribution in [0.2, 0.25) is 0 Å². The largest absolute Gasteiger partial charge is 0.417 e. The van der Waals surface area contributed by atoms with Gasteiger partial charge in [0.15, 0.2) is 0 Å². The van der Waals surface area contributed by atoms with Gasteiger partial charge in [-0.2, -0.15) is 13.2 Å². The standard InChI is InChI=1S/C14H9F3N2S/c15-14(16,17)10-3-1-2-8-6-12(20-13(8)10)11-7-9(18)4-5-19-11/h1-7H,(H2,18,19). The Labute approximate surface area is 116 Å². The molecule has 6 heteroatoms. The van der Waals surface area contributed by atoms with E-state index in [0.717, 1.165) is 17.4 Å². The summed E-state index contributed by atoms with van der Waals surface area (Å²) in [5, 5.41) is 0.559. The van der Waals surface area contributed by atoms with Crippen molar-refractivity contribution in [1.82, 2.24) is 4.98 Å². The number of hydrogen-bond acceptors (Lipinski definition) is 3. The fourth-order valence-corrected chi connectivity index (χ4v) is 3.15. The zero-order chi connectivity index (χ0) is 14.3. The summed E-state index contributed by atoms with van der Waals surface area (Å²) in [6.45, 7) is 0. The Hall–Kier alpha value is -2.08. The number of nitrogen functional groups attached to an aromatic ring is 1. The second kappa shape index (κ2) is 4.49. The Morgan fingerprint density at radius 1 is 1.10 bits per heavy atom. The molecule has 0 bridgehead atoms. The van der Waals surface area contributed by atoms with Crippen molar-refractivity contribution < 1.29 is 13.2 Å². The van der Waals surface area contributed by atoms with Gasteiger partial charge < -0.3 is 5.73 Å². The van der Waals surface area contributed by atoms with Gasteiger partial charge in [0.2, 0.25) is 0 Å². The summed E-state index contributed by atoms with van der Waals surface area (Å²) < 4.78 is 39.1. The summed E-state index contributed by atoms with van der Waals surface area (Å²) in [5.41, 5.74) is 6.17. The quantitative estimate of drug-likeness (QED) is 0.714. The number of thiophene rings is 1. The fraction of sp³-hybridized carbons (Fsp3) is 0.0714. The second-order valence-corrected chi connectivity index (χ2v) is 5.36. The van der Waals surface area contributed by atoms with Gasteiger partial charge in [-0.05, 0) is 29.7 Å². The van der Waals surface area contributed by atoms with Gasteiger partial charge in [-0.25, -0.2) is 0 Å². The predicted octanol–water partition coefficient (Wildman–Crippen LogP) is 4.56. The first-order valence-electron chi connectivity index (χ1n) is 5.77. The maximum atomic E-state index is 13.0. The number of halogens is 3. The lowest BCUT2D eigenvalue weighted by Gasteiger charge is -2.06. The maximum absolute atomic E-state index is 13.0. The third kappa shape index (κ3) is 2.22. The molecule has 3 aromatic rings. The smallest absolute Gasteiger partial charge is 0.399 e. The van der Waals surface area contributed by atoms with Crippen LogP contribution in [0.1, 0.15) is 5.56 Å². The van der Waals surface area contributed by atoms with E-state index in [1.54, 1.807) is 30.5 Å². The van der Waals surface area contributed by atoms with E-state index in [2.05, 4.69) is 4.98 Å². The van der Waals surface area contributed by atoms with Gasteiger partial charge in [-0.1, -0.05) is 12.1 Å². The molecule has 102 valence electrons. The average Bonchev–Trinajstić information content (AvgIpc) is 2.81. The molecule has 0 aliphatic carbocycles. The van der Waals surface area contributed by atoms with Crippen LogP contribution in [0.5, 0.6) is 0 Å². The van der Waals surface area contributed by atoms with Crippen molar-refractivity contribution in [3.05, 3.63) is 48.2 Å². The van der Waals surface area contributed by atoms with E-state index in [1.807, 2.05) is 0 Å². The van der Waals surface area contributed by atoms with E-state index >= 15 is 0 Å². The average molecular weight is 294 g/mol. The van der Waals surface area contributed by atoms with Crippen LogP contribution in [0.4, 0.5) is 18.9 Å². The first-order valence-corrected chi connectivity index (χ1v) is 6.58. The van der Waals surface area contributed by atoms with Crippen LogP contribution in [0.15, 0.2) is 42.6 Å². The highest BCUT2D eigenvalue weighted by Gasteiger charge is 2.33. The lowest BCUT2D eigenvalue weighted by molar-refractivity contribution is -0.136. The lowest BCUT2D eigenvalue weighted by atomic mass is 10.1. The minimum atomic E-state index is -4.36. The summed E-state index contributed by atoms with van der Waals surface area (Å²) in [4.78, 5) is 4.82. The lowest BCUT2D eigenvalue weighted by Crippen LogP contribution is -2.04. The number of anilines is 1. The van der Waals surface area contributed by atoms with Crippen molar-refractivity contribution in [2.24, 2.45) is 0 Å². The number of nitrogens with zero attached hydrogens (tertiary/aromatic N) is 1. The first kappa shape index (κ1) is 12.9. The number of fused-ring (bicyclic) bond motifs is 1. The van der Waals surface area contributed by atoms with Gasteiger partial charge in [-0.3, -0.25) is 4.98 Å². The molecule has 20 heavy (non-hydrogen) atoms. The zero-order valence-electron chi connectivity index (χ0n) is 10.1. The molecule has 0 saturated heterocycles. The second-order valence-electron chi connectivity index (χ2n) is 4.31. The monoisotopic (exact) mass is 294 g/mol. The predicted molar refractivity (Wildman–Crippen MR) is 74.5 cm³/mol. The number of nitrogens with two attached hydrogens (primary N) is 1. The zero-order valence-corrected chi connectivity index (χ0v) is 10.9. The van der Waals surface area contributed by atoms with Gasteiger partial charge in [-0.15, -0.1) is 11.3 Å². The van der Waals surface area contributed by atoms with Crippen molar-refractivity contribution in [1.29, 1.82) is 0 Å². The number of rotatable bonds is 1. The van der Waals surface area contributed by atoms with E-state index in [9.17, 15) is 13.2 Å². The number of hydrogen-bond donors (Lipinski definition) is 1. The molecule has 3 rings (SSSR count). The van der Waals surface area contributed by atoms with Gasteiger partial charge in [0, 0.05) is 16.6 Å². The molecule has 0 atom stereocenters. The van der Waals surface area contributed by atoms with Gasteiger partial charge in [0.05, 0.1) is 16.1 Å². The summed E-state index contributed by atoms with van der Waals surface area (Å²) >= 11 is 1.07. The fourth-order valence-electron chi connectivity index (χ4n) is 1.99. The molecule has 2 aromatic heterocycles. The molecular weight excluding hydrogens is 285 g/mol. The molecule has 0 unspecified atom stereocenters. The molecule has 0 radical (unpaired) electrons. The van der Waals surface area contributed by atoms with Crippen molar-refractivity contribution in [3.8, 4) is 10.6 Å². The highest BCUT2D eigenvalue weighted by molar-refractivity contribution is 7.22. The normalized spacial score (nSPS) is 11.9. The van der Waals surface area contributed by atoms with E-state index in [4.69, 9.17) is 5.73 Å². The number of benzene rings is 1. The number of aromatic nitrogens is 1. The van der Waals surface area contributed by atoms with Crippen LogP contribution in [0, 0.1) is 0 Å². The Morgan fingerprint density at radius 2 is 1.90 bits per heavy atom. The van der Waals surface area contributed by atoms with Crippen molar-refractivity contribution in [2.45, 2.75) is 6.18 Å². The minimum absolute atomic E-state index is 0.222. The minimum Gasteiger partial charge on any atom is -0.399 e. The molecule has 0 aliphatic rings. The Bertz CT molecular complexity index is 777. The molecule has 2 N–H and O–H groups in total. The highest BCUT2D eigenvalue weighted by Crippen LogP contribution is 2.41. The SMILES string of the molecule is Nc1ccnc(-c2cc3cccc(C(F)(F)F)c3s2)c1. The van der Waals surface area contributed by atoms with Crippen LogP contribution < -0.4 is 5.73 Å². The Balaban J connectivity index is 2.21. The third-order valence-electron chi connectivity index (χ3n) is 2.89. The van der Waals surface area contributed by atoms with Crippen LogP contribution in [-0.4, -0.2) is 4.98 Å². The molecular formula is C14H9F3N2S. The van der Waals surface area contributed by atoms with E-state index < -0.39 is 11.7 Å². The van der Waals surface area contributed by atoms with Crippen molar-refractivity contribution in [2.75, 3.05) is 5.73 Å². The van der Waals surface area contributed by atoms with E-state index in [-0.39, 0.29) is 4.70 Å². The van der Waals surface area contributed by atoms with Crippen LogP contribution in [0.25, 0.3) is 20.7 Å². The van der Waals surface area contributed by atoms with Gasteiger partial charge in [0.1, 0.15) is 0 Å².